The molecule has 0 bridgehead atoms. The maximum Gasteiger partial charge on any atom is 0.170 e. The lowest BCUT2D eigenvalue weighted by Crippen LogP contribution is -2.08. The van der Waals surface area contributed by atoms with E-state index in [9.17, 15) is 13.6 Å². The van der Waals surface area contributed by atoms with Crippen LogP contribution in [0.2, 0.25) is 0 Å². The Morgan fingerprint density at radius 3 is 2.37 bits per heavy atom. The number of aryl methyl sites for hydroxylation is 2. The highest BCUT2D eigenvalue weighted by molar-refractivity contribution is 5.98. The van der Waals surface area contributed by atoms with E-state index in [1.165, 1.54) is 13.0 Å². The Bertz CT molecular complexity index is 633. The average Bonchev–Trinajstić information content (AvgIpc) is 2.36. The molecule has 2 rings (SSSR count). The van der Waals surface area contributed by atoms with Crippen LogP contribution >= 0.6 is 0 Å². The molecule has 98 valence electrons. The number of rotatable bonds is 3. The Kier molecular flexibility index (Phi) is 3.74. The van der Waals surface area contributed by atoms with Gasteiger partial charge in [-0.25, -0.2) is 8.78 Å². The first-order valence-corrected chi connectivity index (χ1v) is 6.02. The van der Waals surface area contributed by atoms with Gasteiger partial charge in [-0.15, -0.1) is 0 Å². The highest BCUT2D eigenvalue weighted by atomic mass is 19.1. The van der Waals surface area contributed by atoms with Gasteiger partial charge >= 0.3 is 0 Å². The van der Waals surface area contributed by atoms with E-state index in [1.807, 2.05) is 31.2 Å². The fourth-order valence-electron chi connectivity index (χ4n) is 1.95. The molecule has 0 aliphatic heterocycles. The molecule has 0 aliphatic carbocycles. The third-order valence-corrected chi connectivity index (χ3v) is 3.16. The molecule has 3 heteroatoms. The van der Waals surface area contributed by atoms with E-state index < -0.39 is 11.6 Å². The second-order valence-corrected chi connectivity index (χ2v) is 4.61. The highest BCUT2D eigenvalue weighted by Crippen LogP contribution is 2.17. The normalized spacial score (nSPS) is 10.5. The molecule has 0 unspecified atom stereocenters. The first-order valence-electron chi connectivity index (χ1n) is 6.02. The number of Topliss-reactive ketones (excluding diaryl/α,β-unsaturated/α-hetero) is 1. The van der Waals surface area contributed by atoms with E-state index in [0.29, 0.717) is 0 Å². The van der Waals surface area contributed by atoms with Gasteiger partial charge in [0, 0.05) is 12.5 Å². The van der Waals surface area contributed by atoms with Crippen LogP contribution in [0.15, 0.2) is 36.4 Å². The van der Waals surface area contributed by atoms with Gasteiger partial charge in [-0.3, -0.25) is 4.79 Å². The number of carbonyl (C=O) groups is 1. The van der Waals surface area contributed by atoms with E-state index >= 15 is 0 Å². The second kappa shape index (κ2) is 5.31. The molecule has 0 atom stereocenters. The van der Waals surface area contributed by atoms with Crippen molar-refractivity contribution >= 4 is 5.78 Å². The van der Waals surface area contributed by atoms with Gasteiger partial charge in [-0.05, 0) is 36.6 Å². The predicted molar refractivity (Wildman–Crippen MR) is 70.3 cm³/mol. The fraction of sp³-hybridized carbons (Fsp3) is 0.188. The van der Waals surface area contributed by atoms with E-state index in [2.05, 4.69) is 0 Å². The second-order valence-electron chi connectivity index (χ2n) is 4.61. The smallest absolute Gasteiger partial charge is 0.170 e. The molecule has 0 fully saturated rings. The number of benzene rings is 2. The molecule has 0 saturated carbocycles. The van der Waals surface area contributed by atoms with Crippen LogP contribution in [0.5, 0.6) is 0 Å². The summed E-state index contributed by atoms with van der Waals surface area (Å²) in [5.41, 5.74) is 2.06. The topological polar surface area (TPSA) is 17.1 Å². The highest BCUT2D eigenvalue weighted by Gasteiger charge is 2.15. The van der Waals surface area contributed by atoms with Crippen LogP contribution in [0.1, 0.15) is 27.0 Å². The zero-order chi connectivity index (χ0) is 14.0. The summed E-state index contributed by atoms with van der Waals surface area (Å²) in [6, 6.07) is 9.48. The zero-order valence-electron chi connectivity index (χ0n) is 10.8. The van der Waals surface area contributed by atoms with Crippen LogP contribution in [-0.4, -0.2) is 5.78 Å². The molecule has 1 nitrogen and oxygen atoms in total. The van der Waals surface area contributed by atoms with Crippen molar-refractivity contribution in [3.63, 3.8) is 0 Å². The van der Waals surface area contributed by atoms with Crippen LogP contribution in [0.25, 0.3) is 0 Å². The molecule has 0 saturated heterocycles. The Balaban J connectivity index is 2.31. The Labute approximate surface area is 110 Å². The summed E-state index contributed by atoms with van der Waals surface area (Å²) in [6.07, 6.45) is 0.120. The van der Waals surface area contributed by atoms with Crippen molar-refractivity contribution in [1.82, 2.24) is 0 Å². The zero-order valence-corrected chi connectivity index (χ0v) is 10.8. The Morgan fingerprint density at radius 1 is 1.00 bits per heavy atom. The summed E-state index contributed by atoms with van der Waals surface area (Å²) < 4.78 is 26.8. The number of hydrogen-bond acceptors (Lipinski definition) is 1. The van der Waals surface area contributed by atoms with Crippen molar-refractivity contribution in [2.75, 3.05) is 0 Å². The van der Waals surface area contributed by atoms with Crippen LogP contribution in [0.3, 0.4) is 0 Å². The Hall–Kier alpha value is -2.03. The van der Waals surface area contributed by atoms with Gasteiger partial charge in [0.25, 0.3) is 0 Å². The van der Waals surface area contributed by atoms with Crippen LogP contribution < -0.4 is 0 Å². The first-order chi connectivity index (χ1) is 8.99. The Morgan fingerprint density at radius 2 is 1.68 bits per heavy atom. The molecule has 19 heavy (non-hydrogen) atoms. The summed E-state index contributed by atoms with van der Waals surface area (Å²) in [5, 5.41) is 0. The number of hydrogen-bond donors (Lipinski definition) is 0. The van der Waals surface area contributed by atoms with Crippen molar-refractivity contribution < 1.29 is 13.6 Å². The number of halogens is 2. The van der Waals surface area contributed by atoms with Crippen LogP contribution in [0, 0.1) is 25.5 Å². The van der Waals surface area contributed by atoms with Crippen molar-refractivity contribution in [3.8, 4) is 0 Å². The molecule has 0 amide bonds. The lowest BCUT2D eigenvalue weighted by atomic mass is 9.98. The number of carbonyl (C=O) groups excluding carboxylic acids is 1. The molecule has 0 N–H and O–H groups in total. The largest absolute Gasteiger partial charge is 0.294 e. The van der Waals surface area contributed by atoms with Crippen molar-refractivity contribution in [1.29, 1.82) is 0 Å². The maximum atomic E-state index is 13.6. The third-order valence-electron chi connectivity index (χ3n) is 3.16. The molecule has 0 spiro atoms. The molecule has 0 aliphatic rings. The summed E-state index contributed by atoms with van der Waals surface area (Å²) in [6.45, 7) is 3.41. The predicted octanol–water partition coefficient (Wildman–Crippen LogP) is 4.01. The van der Waals surface area contributed by atoms with Gasteiger partial charge in [0.15, 0.2) is 5.78 Å². The summed E-state index contributed by atoms with van der Waals surface area (Å²) in [7, 11) is 0. The summed E-state index contributed by atoms with van der Waals surface area (Å²) in [5.74, 6) is -1.78. The van der Waals surface area contributed by atoms with Gasteiger partial charge in [-0.1, -0.05) is 24.3 Å². The monoisotopic (exact) mass is 260 g/mol. The van der Waals surface area contributed by atoms with Crippen LogP contribution in [-0.2, 0) is 6.42 Å². The summed E-state index contributed by atoms with van der Waals surface area (Å²) in [4.78, 5) is 12.1. The number of ketones is 1. The van der Waals surface area contributed by atoms with Crippen molar-refractivity contribution in [3.05, 3.63) is 70.3 Å². The van der Waals surface area contributed by atoms with Gasteiger partial charge in [0.05, 0.1) is 5.56 Å². The lowest BCUT2D eigenvalue weighted by Gasteiger charge is -2.07. The lowest BCUT2D eigenvalue weighted by molar-refractivity contribution is 0.0988. The average molecular weight is 260 g/mol. The van der Waals surface area contributed by atoms with E-state index in [0.717, 1.165) is 17.2 Å². The van der Waals surface area contributed by atoms with E-state index in [1.54, 1.807) is 0 Å². The van der Waals surface area contributed by atoms with Gasteiger partial charge < -0.3 is 0 Å². The SMILES string of the molecule is Cc1cc(C(=O)Cc2ccccc2C)c(F)cc1F. The minimum absolute atomic E-state index is 0.0536. The van der Waals surface area contributed by atoms with Gasteiger partial charge in [-0.2, -0.15) is 0 Å². The molecule has 0 aromatic heterocycles. The molecule has 0 radical (unpaired) electrons. The molecule has 2 aromatic rings. The van der Waals surface area contributed by atoms with E-state index in [-0.39, 0.29) is 23.3 Å². The third kappa shape index (κ3) is 2.87. The molecule has 2 aromatic carbocycles. The standard InChI is InChI=1S/C16H14F2O/c1-10-5-3-4-6-12(10)8-16(19)13-7-11(2)14(17)9-15(13)18/h3-7,9H,8H2,1-2H3. The minimum atomic E-state index is -0.804. The van der Waals surface area contributed by atoms with Gasteiger partial charge in [0.1, 0.15) is 11.6 Å². The van der Waals surface area contributed by atoms with Gasteiger partial charge in [0.2, 0.25) is 0 Å². The van der Waals surface area contributed by atoms with Crippen molar-refractivity contribution in [2.45, 2.75) is 20.3 Å². The fourth-order valence-corrected chi connectivity index (χ4v) is 1.95. The molecule has 0 heterocycles. The van der Waals surface area contributed by atoms with Crippen LogP contribution in [0.4, 0.5) is 8.78 Å². The molecular formula is C16H14F2O. The maximum absolute atomic E-state index is 13.6. The van der Waals surface area contributed by atoms with E-state index in [4.69, 9.17) is 0 Å². The minimum Gasteiger partial charge on any atom is -0.294 e. The quantitative estimate of drug-likeness (QED) is 0.762. The summed E-state index contributed by atoms with van der Waals surface area (Å²) >= 11 is 0. The molecular weight excluding hydrogens is 246 g/mol. The van der Waals surface area contributed by atoms with Crippen molar-refractivity contribution in [2.24, 2.45) is 0 Å². The first kappa shape index (κ1) is 13.4.